The van der Waals surface area contributed by atoms with Crippen LogP contribution in [0.3, 0.4) is 0 Å². The Balaban J connectivity index is 2.19. The maximum Gasteiger partial charge on any atom is 0.270 e. The first kappa shape index (κ1) is 18.5. The molecule has 2 aromatic rings. The maximum absolute atomic E-state index is 12.7. The average molecular weight is 342 g/mol. The fourth-order valence-electron chi connectivity index (χ4n) is 2.14. The highest BCUT2D eigenvalue weighted by molar-refractivity contribution is 6.05. The first-order chi connectivity index (χ1) is 12.0. The number of benzene rings is 1. The molecule has 132 valence electrons. The van der Waals surface area contributed by atoms with Gasteiger partial charge in [-0.25, -0.2) is 0 Å². The molecule has 0 bridgehead atoms. The first-order valence-corrected chi connectivity index (χ1v) is 8.02. The van der Waals surface area contributed by atoms with Gasteiger partial charge in [0.2, 0.25) is 0 Å². The van der Waals surface area contributed by atoms with Crippen LogP contribution < -0.4 is 5.32 Å². The van der Waals surface area contributed by atoms with E-state index >= 15 is 0 Å². The zero-order valence-corrected chi connectivity index (χ0v) is 14.3. The fourth-order valence-corrected chi connectivity index (χ4v) is 2.14. The number of rotatable bonds is 7. The lowest BCUT2D eigenvalue weighted by molar-refractivity contribution is -0.126. The largest absolute Gasteiger partial charge is 0.465 e. The van der Waals surface area contributed by atoms with Crippen molar-refractivity contribution < 1.29 is 19.1 Å². The third-order valence-corrected chi connectivity index (χ3v) is 3.57. The van der Waals surface area contributed by atoms with E-state index in [-0.39, 0.29) is 17.5 Å². The highest BCUT2D eigenvalue weighted by atomic mass is 16.3. The molecule has 0 saturated heterocycles. The van der Waals surface area contributed by atoms with Crippen LogP contribution in [0.5, 0.6) is 0 Å². The summed E-state index contributed by atoms with van der Waals surface area (Å²) in [6.07, 6.45) is 2.92. The molecule has 6 nitrogen and oxygen atoms in total. The fraction of sp³-hybridized carbons (Fsp3) is 0.263. The zero-order chi connectivity index (χ0) is 18.2. The normalized spacial score (nSPS) is 12.5. The molecule has 2 amide bonds. The third-order valence-electron chi connectivity index (χ3n) is 3.57. The molecule has 0 aliphatic heterocycles. The molecule has 1 atom stereocenters. The number of furan rings is 1. The van der Waals surface area contributed by atoms with E-state index in [2.05, 4.69) is 5.32 Å². The quantitative estimate of drug-likeness (QED) is 0.756. The van der Waals surface area contributed by atoms with Gasteiger partial charge in [0.25, 0.3) is 11.8 Å². The molecule has 0 aliphatic carbocycles. The van der Waals surface area contributed by atoms with Gasteiger partial charge in [-0.05, 0) is 37.6 Å². The summed E-state index contributed by atoms with van der Waals surface area (Å²) in [7, 11) is 1.62. The van der Waals surface area contributed by atoms with Crippen LogP contribution in [0.1, 0.15) is 29.5 Å². The summed E-state index contributed by atoms with van der Waals surface area (Å²) in [5, 5.41) is 12.0. The van der Waals surface area contributed by atoms with Gasteiger partial charge in [0.1, 0.15) is 11.5 Å². The number of aliphatic hydroxyl groups is 1. The summed E-state index contributed by atoms with van der Waals surface area (Å²) in [5.41, 5.74) is 0.559. The Morgan fingerprint density at radius 3 is 2.56 bits per heavy atom. The highest BCUT2D eigenvalue weighted by Crippen LogP contribution is 2.10. The monoisotopic (exact) mass is 342 g/mol. The predicted molar refractivity (Wildman–Crippen MR) is 94.5 cm³/mol. The number of carbonyl (C=O) groups excluding carboxylic acids is 2. The van der Waals surface area contributed by atoms with E-state index in [1.165, 1.54) is 17.2 Å². The summed E-state index contributed by atoms with van der Waals surface area (Å²) in [4.78, 5) is 26.5. The molecule has 0 spiro atoms. The van der Waals surface area contributed by atoms with E-state index in [9.17, 15) is 14.7 Å². The Morgan fingerprint density at radius 1 is 1.24 bits per heavy atom. The molecular weight excluding hydrogens is 320 g/mol. The Morgan fingerprint density at radius 2 is 1.96 bits per heavy atom. The van der Waals surface area contributed by atoms with Crippen LogP contribution in [-0.2, 0) is 4.79 Å². The predicted octanol–water partition coefficient (Wildman–Crippen LogP) is 2.28. The number of likely N-dealkylation sites (N-methyl/N-ethyl adjacent to an activating group) is 1. The van der Waals surface area contributed by atoms with Gasteiger partial charge in [-0.2, -0.15) is 0 Å². The van der Waals surface area contributed by atoms with Crippen molar-refractivity contribution in [3.05, 3.63) is 65.7 Å². The average Bonchev–Trinajstić information content (AvgIpc) is 3.12. The van der Waals surface area contributed by atoms with Crippen molar-refractivity contribution in [3.8, 4) is 0 Å². The molecule has 1 heterocycles. The molecular formula is C19H22N2O4. The van der Waals surface area contributed by atoms with E-state index < -0.39 is 6.10 Å². The van der Waals surface area contributed by atoms with Gasteiger partial charge >= 0.3 is 0 Å². The lowest BCUT2D eigenvalue weighted by atomic mass is 10.2. The van der Waals surface area contributed by atoms with Crippen molar-refractivity contribution in [1.29, 1.82) is 0 Å². The van der Waals surface area contributed by atoms with E-state index in [0.29, 0.717) is 24.3 Å². The summed E-state index contributed by atoms with van der Waals surface area (Å²) in [6.45, 7) is 2.03. The number of hydrogen-bond acceptors (Lipinski definition) is 4. The summed E-state index contributed by atoms with van der Waals surface area (Å²) < 4.78 is 5.24. The first-order valence-electron chi connectivity index (χ1n) is 8.02. The number of aliphatic hydroxyl groups excluding tert-OH is 1. The molecule has 6 heteroatoms. The van der Waals surface area contributed by atoms with E-state index in [0.717, 1.165) is 0 Å². The van der Waals surface area contributed by atoms with Crippen molar-refractivity contribution in [2.45, 2.75) is 19.4 Å². The lowest BCUT2D eigenvalue weighted by Gasteiger charge is -2.20. The van der Waals surface area contributed by atoms with Gasteiger partial charge < -0.3 is 19.7 Å². The van der Waals surface area contributed by atoms with Gasteiger partial charge in [0, 0.05) is 25.2 Å². The molecule has 2 rings (SSSR count). The number of nitrogens with one attached hydrogen (secondary N) is 1. The van der Waals surface area contributed by atoms with Gasteiger partial charge in [0.05, 0.1) is 12.4 Å². The Bertz CT molecular complexity index is 721. The van der Waals surface area contributed by atoms with Crippen LogP contribution >= 0.6 is 0 Å². The van der Waals surface area contributed by atoms with Crippen LogP contribution in [-0.4, -0.2) is 41.5 Å². The van der Waals surface area contributed by atoms with Gasteiger partial charge in [-0.15, -0.1) is 0 Å². The van der Waals surface area contributed by atoms with E-state index in [4.69, 9.17) is 4.42 Å². The van der Waals surface area contributed by atoms with Crippen molar-refractivity contribution in [2.24, 2.45) is 0 Å². The zero-order valence-electron chi connectivity index (χ0n) is 14.3. The summed E-state index contributed by atoms with van der Waals surface area (Å²) in [5.74, 6) is -0.280. The van der Waals surface area contributed by atoms with E-state index in [1.807, 2.05) is 6.07 Å². The van der Waals surface area contributed by atoms with Crippen LogP contribution in [0.4, 0.5) is 0 Å². The third kappa shape index (κ3) is 5.61. The Kier molecular flexibility index (Phi) is 6.54. The molecule has 0 radical (unpaired) electrons. The molecule has 1 aromatic heterocycles. The Hall–Kier alpha value is -2.86. The van der Waals surface area contributed by atoms with Crippen LogP contribution in [0.15, 0.2) is 58.8 Å². The minimum atomic E-state index is -0.508. The SMILES string of the molecule is CC(O)CCN(C)C(=O)/C(=C/c1ccco1)NC(=O)c1ccccc1. The molecule has 0 aliphatic rings. The van der Waals surface area contributed by atoms with Gasteiger partial charge in [0.15, 0.2) is 0 Å². The Labute approximate surface area is 146 Å². The second-order valence-corrected chi connectivity index (χ2v) is 5.76. The molecule has 0 fully saturated rings. The summed E-state index contributed by atoms with van der Waals surface area (Å²) >= 11 is 0. The van der Waals surface area contributed by atoms with Crippen molar-refractivity contribution in [1.82, 2.24) is 10.2 Å². The molecule has 1 aromatic carbocycles. The molecule has 1 unspecified atom stereocenters. The second kappa shape index (κ2) is 8.84. The lowest BCUT2D eigenvalue weighted by Crippen LogP contribution is -2.37. The van der Waals surface area contributed by atoms with Crippen molar-refractivity contribution >= 4 is 17.9 Å². The van der Waals surface area contributed by atoms with Gasteiger partial charge in [-0.1, -0.05) is 18.2 Å². The number of nitrogens with zero attached hydrogens (tertiary/aromatic N) is 1. The van der Waals surface area contributed by atoms with Crippen LogP contribution in [0.2, 0.25) is 0 Å². The minimum Gasteiger partial charge on any atom is -0.465 e. The summed E-state index contributed by atoms with van der Waals surface area (Å²) in [6, 6.07) is 12.0. The second-order valence-electron chi connectivity index (χ2n) is 5.76. The van der Waals surface area contributed by atoms with Crippen molar-refractivity contribution in [2.75, 3.05) is 13.6 Å². The van der Waals surface area contributed by atoms with Crippen LogP contribution in [0.25, 0.3) is 6.08 Å². The highest BCUT2D eigenvalue weighted by Gasteiger charge is 2.19. The molecule has 25 heavy (non-hydrogen) atoms. The smallest absolute Gasteiger partial charge is 0.270 e. The maximum atomic E-state index is 12.7. The standard InChI is InChI=1S/C19H22N2O4/c1-14(22)10-11-21(2)19(24)17(13-16-9-6-12-25-16)20-18(23)15-7-4-3-5-8-15/h3-9,12-14,22H,10-11H2,1-2H3,(H,20,23)/b17-13-. The number of carbonyl (C=O) groups is 2. The van der Waals surface area contributed by atoms with Crippen LogP contribution in [0, 0.1) is 0 Å². The number of amides is 2. The molecule has 2 N–H and O–H groups in total. The van der Waals surface area contributed by atoms with E-state index in [1.54, 1.807) is 50.4 Å². The topological polar surface area (TPSA) is 82.8 Å². The minimum absolute atomic E-state index is 0.108. The number of hydrogen-bond donors (Lipinski definition) is 2. The van der Waals surface area contributed by atoms with Crippen molar-refractivity contribution in [3.63, 3.8) is 0 Å². The van der Waals surface area contributed by atoms with Gasteiger partial charge in [-0.3, -0.25) is 9.59 Å². The molecule has 0 saturated carbocycles.